The van der Waals surface area contributed by atoms with Crippen molar-refractivity contribution < 1.29 is 9.52 Å². The maximum Gasteiger partial charge on any atom is 0.257 e. The van der Waals surface area contributed by atoms with Gasteiger partial charge in [0.05, 0.1) is 17.0 Å². The molecule has 2 atom stereocenters. The Balaban J connectivity index is 1.59. The summed E-state index contributed by atoms with van der Waals surface area (Å²) in [5.74, 6) is 1.27. The second-order valence-electron chi connectivity index (χ2n) is 5.78. The SMILES string of the molecule is C[C@@H](O)CN1CCN([C@@H](C)c2nnc(-c3cccs3)o2)CC1. The smallest absolute Gasteiger partial charge is 0.257 e. The van der Waals surface area contributed by atoms with Crippen LogP contribution in [0.25, 0.3) is 10.8 Å². The highest BCUT2D eigenvalue weighted by atomic mass is 32.1. The molecule has 6 nitrogen and oxygen atoms in total. The van der Waals surface area contributed by atoms with Gasteiger partial charge in [-0.3, -0.25) is 9.80 Å². The van der Waals surface area contributed by atoms with Gasteiger partial charge < -0.3 is 9.52 Å². The molecule has 22 heavy (non-hydrogen) atoms. The second kappa shape index (κ2) is 6.87. The van der Waals surface area contributed by atoms with E-state index in [0.717, 1.165) is 37.6 Å². The third-order valence-electron chi connectivity index (χ3n) is 4.01. The molecule has 120 valence electrons. The summed E-state index contributed by atoms with van der Waals surface area (Å²) in [5, 5.41) is 19.8. The van der Waals surface area contributed by atoms with E-state index >= 15 is 0 Å². The van der Waals surface area contributed by atoms with Crippen molar-refractivity contribution in [2.45, 2.75) is 26.0 Å². The van der Waals surface area contributed by atoms with Gasteiger partial charge in [-0.15, -0.1) is 21.5 Å². The zero-order valence-electron chi connectivity index (χ0n) is 13.0. The van der Waals surface area contributed by atoms with Crippen LogP contribution >= 0.6 is 11.3 Å². The summed E-state index contributed by atoms with van der Waals surface area (Å²) < 4.78 is 5.83. The molecule has 1 saturated heterocycles. The molecule has 1 N–H and O–H groups in total. The van der Waals surface area contributed by atoms with Gasteiger partial charge in [-0.25, -0.2) is 0 Å². The van der Waals surface area contributed by atoms with Crippen LogP contribution in [-0.4, -0.2) is 63.9 Å². The highest BCUT2D eigenvalue weighted by Gasteiger charge is 2.26. The molecule has 0 aromatic carbocycles. The Hall–Kier alpha value is -1.28. The van der Waals surface area contributed by atoms with E-state index in [1.54, 1.807) is 11.3 Å². The molecule has 0 spiro atoms. The van der Waals surface area contributed by atoms with Crippen LogP contribution in [0.1, 0.15) is 25.8 Å². The second-order valence-corrected chi connectivity index (χ2v) is 6.73. The van der Waals surface area contributed by atoms with Crippen molar-refractivity contribution in [3.05, 3.63) is 23.4 Å². The lowest BCUT2D eigenvalue weighted by molar-refractivity contribution is 0.0598. The van der Waals surface area contributed by atoms with Gasteiger partial charge in [0.25, 0.3) is 5.89 Å². The molecule has 2 aromatic heterocycles. The quantitative estimate of drug-likeness (QED) is 0.906. The van der Waals surface area contributed by atoms with Gasteiger partial charge in [0.2, 0.25) is 5.89 Å². The average molecular weight is 322 g/mol. The fraction of sp³-hybridized carbons (Fsp3) is 0.600. The van der Waals surface area contributed by atoms with Gasteiger partial charge in [0.1, 0.15) is 0 Å². The van der Waals surface area contributed by atoms with Gasteiger partial charge in [0.15, 0.2) is 0 Å². The summed E-state index contributed by atoms with van der Waals surface area (Å²) in [5.41, 5.74) is 0. The van der Waals surface area contributed by atoms with E-state index in [2.05, 4.69) is 26.9 Å². The molecule has 1 aliphatic heterocycles. The van der Waals surface area contributed by atoms with E-state index in [9.17, 15) is 5.11 Å². The summed E-state index contributed by atoms with van der Waals surface area (Å²) in [7, 11) is 0. The highest BCUT2D eigenvalue weighted by molar-refractivity contribution is 7.13. The van der Waals surface area contributed by atoms with Crippen LogP contribution in [0.3, 0.4) is 0 Å². The molecule has 0 radical (unpaired) electrons. The average Bonchev–Trinajstić information content (AvgIpc) is 3.18. The zero-order valence-corrected chi connectivity index (χ0v) is 13.8. The van der Waals surface area contributed by atoms with Crippen LogP contribution in [0.2, 0.25) is 0 Å². The first-order valence-corrected chi connectivity index (χ1v) is 8.53. The number of aliphatic hydroxyl groups is 1. The number of rotatable bonds is 5. The van der Waals surface area contributed by atoms with Crippen LogP contribution in [0.5, 0.6) is 0 Å². The number of aliphatic hydroxyl groups excluding tert-OH is 1. The van der Waals surface area contributed by atoms with E-state index in [1.165, 1.54) is 0 Å². The summed E-state index contributed by atoms with van der Waals surface area (Å²) in [6.07, 6.45) is -0.270. The molecule has 3 rings (SSSR count). The van der Waals surface area contributed by atoms with E-state index in [0.29, 0.717) is 11.8 Å². The molecule has 3 heterocycles. The van der Waals surface area contributed by atoms with E-state index < -0.39 is 0 Å². The van der Waals surface area contributed by atoms with Crippen molar-refractivity contribution >= 4 is 11.3 Å². The maximum atomic E-state index is 9.46. The molecule has 7 heteroatoms. The minimum Gasteiger partial charge on any atom is -0.418 e. The third kappa shape index (κ3) is 3.55. The molecule has 0 bridgehead atoms. The van der Waals surface area contributed by atoms with Crippen LogP contribution in [0.15, 0.2) is 21.9 Å². The van der Waals surface area contributed by atoms with Crippen molar-refractivity contribution in [1.29, 1.82) is 0 Å². The molecule has 0 amide bonds. The normalized spacial score (nSPS) is 20.1. The lowest BCUT2D eigenvalue weighted by Crippen LogP contribution is -2.48. The van der Waals surface area contributed by atoms with Crippen LogP contribution < -0.4 is 0 Å². The van der Waals surface area contributed by atoms with Gasteiger partial charge in [-0.1, -0.05) is 6.07 Å². The maximum absolute atomic E-state index is 9.46. The molecule has 0 saturated carbocycles. The largest absolute Gasteiger partial charge is 0.418 e. The number of aromatic nitrogens is 2. The fourth-order valence-electron chi connectivity index (χ4n) is 2.77. The monoisotopic (exact) mass is 322 g/mol. The summed E-state index contributed by atoms with van der Waals surface area (Å²) >= 11 is 1.60. The van der Waals surface area contributed by atoms with Crippen LogP contribution in [-0.2, 0) is 0 Å². The van der Waals surface area contributed by atoms with Crippen LogP contribution in [0, 0.1) is 0 Å². The number of hydrogen-bond acceptors (Lipinski definition) is 7. The Morgan fingerprint density at radius 2 is 2.05 bits per heavy atom. The van der Waals surface area contributed by atoms with Gasteiger partial charge in [-0.2, -0.15) is 0 Å². The Labute approximate surface area is 134 Å². The predicted molar refractivity (Wildman–Crippen MR) is 85.7 cm³/mol. The van der Waals surface area contributed by atoms with E-state index in [4.69, 9.17) is 4.42 Å². The number of thiophene rings is 1. The molecule has 0 aliphatic carbocycles. The van der Waals surface area contributed by atoms with Gasteiger partial charge in [-0.05, 0) is 25.3 Å². The van der Waals surface area contributed by atoms with Crippen molar-refractivity contribution in [2.24, 2.45) is 0 Å². The standard InChI is InChI=1S/C15H22N4O2S/c1-11(20)10-18-5-7-19(8-6-18)12(2)14-16-17-15(21-14)13-4-3-9-22-13/h3-4,9,11-12,20H,5-8,10H2,1-2H3/t11-,12+/m1/s1. The lowest BCUT2D eigenvalue weighted by atomic mass is 10.2. The van der Waals surface area contributed by atoms with Gasteiger partial charge in [0, 0.05) is 32.7 Å². The van der Waals surface area contributed by atoms with Crippen molar-refractivity contribution in [3.63, 3.8) is 0 Å². The molecule has 0 unspecified atom stereocenters. The summed E-state index contributed by atoms with van der Waals surface area (Å²) in [6, 6.07) is 4.09. The Bertz CT molecular complexity index is 576. The first kappa shape index (κ1) is 15.6. The summed E-state index contributed by atoms with van der Waals surface area (Å²) in [6.45, 7) is 8.50. The number of nitrogens with zero attached hydrogens (tertiary/aromatic N) is 4. The minimum absolute atomic E-state index is 0.120. The topological polar surface area (TPSA) is 65.6 Å². The lowest BCUT2D eigenvalue weighted by Gasteiger charge is -2.37. The van der Waals surface area contributed by atoms with Crippen LogP contribution in [0.4, 0.5) is 0 Å². The van der Waals surface area contributed by atoms with Crippen molar-refractivity contribution in [2.75, 3.05) is 32.7 Å². The Kier molecular flexibility index (Phi) is 4.87. The molecular formula is C15H22N4O2S. The van der Waals surface area contributed by atoms with Gasteiger partial charge >= 0.3 is 0 Å². The molecular weight excluding hydrogens is 300 g/mol. The molecule has 1 fully saturated rings. The summed E-state index contributed by atoms with van der Waals surface area (Å²) in [4.78, 5) is 5.65. The number of hydrogen-bond donors (Lipinski definition) is 1. The first-order valence-electron chi connectivity index (χ1n) is 7.65. The van der Waals surface area contributed by atoms with Crippen molar-refractivity contribution in [3.8, 4) is 10.8 Å². The molecule has 1 aliphatic rings. The fourth-order valence-corrected chi connectivity index (χ4v) is 3.41. The van der Waals surface area contributed by atoms with E-state index in [1.807, 2.05) is 24.4 Å². The number of β-amino-alcohol motifs (C(OH)–C–C–N with tert-alkyl or cyclic N) is 1. The predicted octanol–water partition coefficient (Wildman–Crippen LogP) is 1.86. The number of piperazine rings is 1. The third-order valence-corrected chi connectivity index (χ3v) is 4.86. The van der Waals surface area contributed by atoms with Crippen molar-refractivity contribution in [1.82, 2.24) is 20.0 Å². The van der Waals surface area contributed by atoms with E-state index in [-0.39, 0.29) is 12.1 Å². The molecule has 2 aromatic rings. The highest BCUT2D eigenvalue weighted by Crippen LogP contribution is 2.27. The minimum atomic E-state index is -0.270. The first-order chi connectivity index (χ1) is 10.6. The Morgan fingerprint density at radius 3 is 2.68 bits per heavy atom. The Morgan fingerprint density at radius 1 is 1.27 bits per heavy atom. The zero-order chi connectivity index (χ0) is 15.5.